The van der Waals surface area contributed by atoms with Crippen molar-refractivity contribution < 1.29 is 22.4 Å². The van der Waals surface area contributed by atoms with E-state index in [2.05, 4.69) is 20.6 Å². The molecule has 2 aromatic heterocycles. The van der Waals surface area contributed by atoms with E-state index in [9.17, 15) is 27.2 Å². The van der Waals surface area contributed by atoms with Gasteiger partial charge in [0.25, 0.3) is 5.56 Å². The smallest absolute Gasteiger partial charge is 0.283 e. The van der Waals surface area contributed by atoms with Gasteiger partial charge in [-0.25, -0.2) is 27.2 Å². The van der Waals surface area contributed by atoms with Gasteiger partial charge in [0.15, 0.2) is 22.8 Å². The van der Waals surface area contributed by atoms with Crippen LogP contribution in [0.5, 0.6) is 0 Å². The summed E-state index contributed by atoms with van der Waals surface area (Å²) < 4.78 is 55.1. The number of carbonyl (C=O) groups is 1. The van der Waals surface area contributed by atoms with E-state index in [1.54, 1.807) is 0 Å². The quantitative estimate of drug-likeness (QED) is 0.488. The molecule has 158 valence electrons. The van der Waals surface area contributed by atoms with Crippen molar-refractivity contribution in [2.24, 2.45) is 0 Å². The first kappa shape index (κ1) is 20.2. The van der Waals surface area contributed by atoms with Crippen LogP contribution in [-0.4, -0.2) is 30.5 Å². The van der Waals surface area contributed by atoms with Crippen molar-refractivity contribution in [3.63, 3.8) is 0 Å². The highest BCUT2D eigenvalue weighted by atomic mass is 19.2. The summed E-state index contributed by atoms with van der Waals surface area (Å²) in [6.45, 7) is -0.555. The second-order valence-electron chi connectivity index (χ2n) is 6.55. The zero-order valence-corrected chi connectivity index (χ0v) is 15.5. The maximum absolute atomic E-state index is 13.4. The number of carbonyl (C=O) groups excluding carboxylic acids is 1. The Morgan fingerprint density at radius 1 is 1.00 bits per heavy atom. The van der Waals surface area contributed by atoms with Crippen LogP contribution in [0.2, 0.25) is 0 Å². The lowest BCUT2D eigenvalue weighted by molar-refractivity contribution is -0.116. The summed E-state index contributed by atoms with van der Waals surface area (Å²) in [4.78, 5) is 28.8. The van der Waals surface area contributed by atoms with E-state index in [4.69, 9.17) is 0 Å². The van der Waals surface area contributed by atoms with Crippen molar-refractivity contribution in [2.75, 3.05) is 5.32 Å². The van der Waals surface area contributed by atoms with Gasteiger partial charge in [0, 0.05) is 17.8 Å². The molecule has 12 heteroatoms. The fourth-order valence-corrected chi connectivity index (χ4v) is 2.91. The van der Waals surface area contributed by atoms with E-state index in [0.29, 0.717) is 0 Å². The lowest BCUT2D eigenvalue weighted by Crippen LogP contribution is -2.28. The van der Waals surface area contributed by atoms with Gasteiger partial charge in [-0.3, -0.25) is 14.2 Å². The summed E-state index contributed by atoms with van der Waals surface area (Å²) in [5.74, 6) is -4.40. The summed E-state index contributed by atoms with van der Waals surface area (Å²) in [6.07, 6.45) is 1.08. The molecule has 0 atom stereocenters. The molecule has 0 aliphatic heterocycles. The third kappa shape index (κ3) is 4.27. The van der Waals surface area contributed by atoms with Crippen LogP contribution in [0.1, 0.15) is 5.56 Å². The van der Waals surface area contributed by atoms with Gasteiger partial charge in [0.05, 0.1) is 6.54 Å². The molecule has 1 N–H and O–H groups in total. The average molecular weight is 432 g/mol. The number of rotatable bonds is 5. The predicted octanol–water partition coefficient (Wildman–Crippen LogP) is 2.23. The summed E-state index contributed by atoms with van der Waals surface area (Å²) >= 11 is 0. The Balaban J connectivity index is 1.55. The Hall–Kier alpha value is -4.09. The number of benzene rings is 2. The van der Waals surface area contributed by atoms with Crippen molar-refractivity contribution in [3.05, 3.63) is 81.9 Å². The van der Waals surface area contributed by atoms with Crippen LogP contribution in [-0.2, 0) is 17.9 Å². The van der Waals surface area contributed by atoms with Crippen LogP contribution >= 0.6 is 0 Å². The molecule has 0 radical (unpaired) electrons. The number of aromatic nitrogens is 5. The number of hydrogen-bond acceptors (Lipinski definition) is 5. The molecular weight excluding hydrogens is 420 g/mol. The summed E-state index contributed by atoms with van der Waals surface area (Å²) in [5, 5.41) is 9.86. The monoisotopic (exact) mass is 432 g/mol. The van der Waals surface area contributed by atoms with Gasteiger partial charge >= 0.3 is 0 Å². The fraction of sp³-hybridized carbons (Fsp3) is 0.105. The predicted molar refractivity (Wildman–Crippen MR) is 100 cm³/mol. The first-order valence-corrected chi connectivity index (χ1v) is 8.78. The van der Waals surface area contributed by atoms with E-state index in [1.807, 2.05) is 0 Å². The fourth-order valence-electron chi connectivity index (χ4n) is 2.91. The maximum Gasteiger partial charge on any atom is 0.283 e. The van der Waals surface area contributed by atoms with E-state index in [0.717, 1.165) is 41.2 Å². The van der Waals surface area contributed by atoms with Crippen LogP contribution in [0.15, 0.2) is 47.5 Å². The lowest BCUT2D eigenvalue weighted by Gasteiger charge is -2.08. The minimum Gasteiger partial charge on any atom is -0.324 e. The zero-order valence-electron chi connectivity index (χ0n) is 15.5. The second kappa shape index (κ2) is 7.97. The molecule has 0 saturated carbocycles. The molecule has 8 nitrogen and oxygen atoms in total. The van der Waals surface area contributed by atoms with Crippen LogP contribution in [0, 0.1) is 23.3 Å². The van der Waals surface area contributed by atoms with Gasteiger partial charge in [-0.2, -0.15) is 0 Å². The maximum atomic E-state index is 13.4. The summed E-state index contributed by atoms with van der Waals surface area (Å²) in [7, 11) is 0. The molecule has 0 unspecified atom stereocenters. The van der Waals surface area contributed by atoms with E-state index in [-0.39, 0.29) is 29.0 Å². The number of fused-ring (bicyclic) bond motifs is 1. The van der Waals surface area contributed by atoms with Gasteiger partial charge in [0.1, 0.15) is 24.5 Å². The van der Waals surface area contributed by atoms with E-state index in [1.165, 1.54) is 10.7 Å². The molecule has 0 aliphatic carbocycles. The standard InChI is InChI=1S/C19H12F4N6O2/c20-11-3-10(4-12(21)5-11)7-29-18-17(26-27-29)19(31)28(9-24-18)8-16(30)25-13-1-2-14(22)15(23)6-13/h1-6,9H,7-8H2,(H,25,30). The van der Waals surface area contributed by atoms with Gasteiger partial charge in [-0.05, 0) is 29.8 Å². The molecule has 31 heavy (non-hydrogen) atoms. The molecule has 0 aliphatic rings. The topological polar surface area (TPSA) is 94.7 Å². The Kier molecular flexibility index (Phi) is 5.19. The van der Waals surface area contributed by atoms with Crippen LogP contribution in [0.4, 0.5) is 23.2 Å². The van der Waals surface area contributed by atoms with Crippen molar-refractivity contribution in [3.8, 4) is 0 Å². The van der Waals surface area contributed by atoms with Crippen molar-refractivity contribution in [1.29, 1.82) is 0 Å². The van der Waals surface area contributed by atoms with E-state index >= 15 is 0 Å². The van der Waals surface area contributed by atoms with Crippen LogP contribution in [0.25, 0.3) is 11.2 Å². The third-order valence-corrected chi connectivity index (χ3v) is 4.26. The molecule has 0 bridgehead atoms. The van der Waals surface area contributed by atoms with Crippen LogP contribution in [0.3, 0.4) is 0 Å². The molecule has 2 heterocycles. The van der Waals surface area contributed by atoms with Gasteiger partial charge in [-0.1, -0.05) is 5.21 Å². The third-order valence-electron chi connectivity index (χ3n) is 4.26. The Morgan fingerprint density at radius 3 is 2.45 bits per heavy atom. The number of anilines is 1. The first-order valence-electron chi connectivity index (χ1n) is 8.78. The van der Waals surface area contributed by atoms with Gasteiger partial charge in [0.2, 0.25) is 5.91 Å². The SMILES string of the molecule is O=C(Cn1cnc2c(nnn2Cc2cc(F)cc(F)c2)c1=O)Nc1ccc(F)c(F)c1. The molecule has 4 rings (SSSR count). The average Bonchev–Trinajstić information content (AvgIpc) is 3.09. The van der Waals surface area contributed by atoms with E-state index < -0.39 is 41.3 Å². The Labute approximate surface area is 170 Å². The number of amides is 1. The van der Waals surface area contributed by atoms with Crippen molar-refractivity contribution >= 4 is 22.8 Å². The molecule has 1 amide bonds. The van der Waals surface area contributed by atoms with Crippen molar-refractivity contribution in [1.82, 2.24) is 24.5 Å². The lowest BCUT2D eigenvalue weighted by atomic mass is 10.2. The van der Waals surface area contributed by atoms with Gasteiger partial charge < -0.3 is 5.32 Å². The number of hydrogen-bond donors (Lipinski definition) is 1. The first-order chi connectivity index (χ1) is 14.8. The summed E-state index contributed by atoms with van der Waals surface area (Å²) in [5.41, 5.74) is -0.505. The molecular formula is C19H12F4N6O2. The molecule has 0 fully saturated rings. The Bertz CT molecular complexity index is 1350. The highest BCUT2D eigenvalue weighted by molar-refractivity contribution is 5.90. The number of halogens is 4. The minimum absolute atomic E-state index is 0.0132. The number of nitrogens with one attached hydrogen (secondary N) is 1. The molecule has 0 spiro atoms. The highest BCUT2D eigenvalue weighted by Crippen LogP contribution is 2.14. The largest absolute Gasteiger partial charge is 0.324 e. The normalized spacial score (nSPS) is 11.1. The highest BCUT2D eigenvalue weighted by Gasteiger charge is 2.15. The molecule has 0 saturated heterocycles. The van der Waals surface area contributed by atoms with Crippen molar-refractivity contribution in [2.45, 2.75) is 13.1 Å². The molecule has 2 aromatic carbocycles. The minimum atomic E-state index is -1.13. The van der Waals surface area contributed by atoms with Gasteiger partial charge in [-0.15, -0.1) is 5.10 Å². The molecule has 4 aromatic rings. The van der Waals surface area contributed by atoms with Crippen LogP contribution < -0.4 is 10.9 Å². The zero-order chi connectivity index (χ0) is 22.1. The second-order valence-corrected chi connectivity index (χ2v) is 6.55. The Morgan fingerprint density at radius 2 is 1.74 bits per heavy atom. The number of nitrogens with zero attached hydrogens (tertiary/aromatic N) is 5. The summed E-state index contributed by atoms with van der Waals surface area (Å²) in [6, 6.07) is 5.78.